The smallest absolute Gasteiger partial charge is 0.127 e. The van der Waals surface area contributed by atoms with E-state index in [1.54, 1.807) is 0 Å². The van der Waals surface area contributed by atoms with Crippen molar-refractivity contribution in [2.75, 3.05) is 26.2 Å². The van der Waals surface area contributed by atoms with Gasteiger partial charge in [-0.2, -0.15) is 0 Å². The maximum absolute atomic E-state index is 10.8. The van der Waals surface area contributed by atoms with Crippen LogP contribution in [0.15, 0.2) is 29.8 Å². The molecule has 2 atom stereocenters. The number of hydrogen-bond donors (Lipinski definition) is 1. The van der Waals surface area contributed by atoms with Gasteiger partial charge >= 0.3 is 0 Å². The average Bonchev–Trinajstić information content (AvgIpc) is 2.55. The van der Waals surface area contributed by atoms with Crippen molar-refractivity contribution < 1.29 is 9.84 Å². The van der Waals surface area contributed by atoms with Gasteiger partial charge in [0.15, 0.2) is 0 Å². The monoisotopic (exact) mass is 299 g/mol. The summed E-state index contributed by atoms with van der Waals surface area (Å²) in [5.41, 5.74) is 2.16. The van der Waals surface area contributed by atoms with Gasteiger partial charge in [-0.05, 0) is 37.0 Å². The van der Waals surface area contributed by atoms with E-state index in [-0.39, 0.29) is 5.60 Å². The van der Waals surface area contributed by atoms with Gasteiger partial charge in [-0.25, -0.2) is 0 Å². The van der Waals surface area contributed by atoms with Crippen molar-refractivity contribution in [3.8, 4) is 5.75 Å². The topological polar surface area (TPSA) is 32.7 Å². The minimum Gasteiger partial charge on any atom is -0.489 e. The molecule has 1 saturated carbocycles. The van der Waals surface area contributed by atoms with Gasteiger partial charge in [0.05, 0.1) is 5.60 Å². The first-order chi connectivity index (χ1) is 10.7. The Balaban J connectivity index is 1.44. The number of ether oxygens (including phenoxy) is 1. The van der Waals surface area contributed by atoms with Crippen molar-refractivity contribution in [1.29, 1.82) is 0 Å². The standard InChI is InChI=1S/C19H25NO2/c21-19-8-4-3-6-17(19)13-20(10-9-19)12-15-11-16-5-1-2-7-18(16)22-14-15/h1-2,5,7,11,17,21H,3-4,6,8-10,12-14H2/t17-,19-/m0/s1. The van der Waals surface area contributed by atoms with E-state index in [9.17, 15) is 5.11 Å². The molecule has 0 bridgehead atoms. The summed E-state index contributed by atoms with van der Waals surface area (Å²) in [7, 11) is 0. The Labute approximate surface area is 132 Å². The molecule has 2 aliphatic heterocycles. The average molecular weight is 299 g/mol. The zero-order chi connectivity index (χ0) is 15.0. The fourth-order valence-electron chi connectivity index (χ4n) is 4.33. The molecule has 4 rings (SSSR count). The van der Waals surface area contributed by atoms with Gasteiger partial charge < -0.3 is 9.84 Å². The Hall–Kier alpha value is -1.32. The zero-order valence-electron chi connectivity index (χ0n) is 13.1. The lowest BCUT2D eigenvalue weighted by Crippen LogP contribution is -2.53. The molecule has 1 aliphatic carbocycles. The van der Waals surface area contributed by atoms with Gasteiger partial charge in [-0.15, -0.1) is 0 Å². The van der Waals surface area contributed by atoms with Gasteiger partial charge in [0.25, 0.3) is 0 Å². The number of aliphatic hydroxyl groups is 1. The van der Waals surface area contributed by atoms with Crippen LogP contribution in [0.4, 0.5) is 0 Å². The second kappa shape index (κ2) is 5.71. The van der Waals surface area contributed by atoms with Crippen molar-refractivity contribution in [3.05, 3.63) is 35.4 Å². The molecule has 1 aromatic rings. The van der Waals surface area contributed by atoms with E-state index in [0.717, 1.165) is 38.2 Å². The third-order valence-electron chi connectivity index (χ3n) is 5.63. The van der Waals surface area contributed by atoms with E-state index in [1.807, 2.05) is 12.1 Å². The van der Waals surface area contributed by atoms with E-state index in [0.29, 0.717) is 12.5 Å². The Bertz CT molecular complexity index is 583. The quantitative estimate of drug-likeness (QED) is 0.911. The molecule has 22 heavy (non-hydrogen) atoms. The molecule has 0 amide bonds. The molecule has 0 unspecified atom stereocenters. The number of benzene rings is 1. The number of piperidine rings is 1. The predicted octanol–water partition coefficient (Wildman–Crippen LogP) is 3.09. The molecule has 0 radical (unpaired) electrons. The number of likely N-dealkylation sites (tertiary alicyclic amines) is 1. The van der Waals surface area contributed by atoms with Crippen LogP contribution in [-0.2, 0) is 0 Å². The highest BCUT2D eigenvalue weighted by Gasteiger charge is 2.42. The summed E-state index contributed by atoms with van der Waals surface area (Å²) in [6, 6.07) is 8.23. The lowest BCUT2D eigenvalue weighted by Gasteiger charge is -2.47. The summed E-state index contributed by atoms with van der Waals surface area (Å²) in [6.45, 7) is 3.71. The van der Waals surface area contributed by atoms with Crippen molar-refractivity contribution in [2.45, 2.75) is 37.7 Å². The molecule has 118 valence electrons. The molecule has 1 aromatic carbocycles. The van der Waals surface area contributed by atoms with Crippen LogP contribution in [0.1, 0.15) is 37.7 Å². The van der Waals surface area contributed by atoms with Gasteiger partial charge in [0.2, 0.25) is 0 Å². The van der Waals surface area contributed by atoms with E-state index < -0.39 is 0 Å². The molecular weight excluding hydrogens is 274 g/mol. The van der Waals surface area contributed by atoms with Crippen molar-refractivity contribution in [2.24, 2.45) is 5.92 Å². The summed E-state index contributed by atoms with van der Waals surface area (Å²) >= 11 is 0. The van der Waals surface area contributed by atoms with Gasteiger partial charge in [0.1, 0.15) is 12.4 Å². The lowest BCUT2D eigenvalue weighted by atomic mass is 9.71. The largest absolute Gasteiger partial charge is 0.489 e. The van der Waals surface area contributed by atoms with E-state index in [2.05, 4.69) is 23.1 Å². The molecule has 2 heterocycles. The maximum atomic E-state index is 10.8. The van der Waals surface area contributed by atoms with Crippen LogP contribution in [0.2, 0.25) is 0 Å². The first-order valence-corrected chi connectivity index (χ1v) is 8.59. The van der Waals surface area contributed by atoms with Gasteiger partial charge in [-0.1, -0.05) is 31.0 Å². The Morgan fingerprint density at radius 3 is 3.09 bits per heavy atom. The highest BCUT2D eigenvalue weighted by Crippen LogP contribution is 2.40. The lowest BCUT2D eigenvalue weighted by molar-refractivity contribution is -0.0939. The summed E-state index contributed by atoms with van der Waals surface area (Å²) in [6.07, 6.45) is 7.88. The molecule has 0 spiro atoms. The molecule has 1 saturated heterocycles. The minimum atomic E-state index is -0.376. The van der Waals surface area contributed by atoms with Crippen molar-refractivity contribution >= 4 is 6.08 Å². The molecule has 3 aliphatic rings. The van der Waals surface area contributed by atoms with Crippen LogP contribution in [0.3, 0.4) is 0 Å². The number of fused-ring (bicyclic) bond motifs is 2. The maximum Gasteiger partial charge on any atom is 0.127 e. The van der Waals surface area contributed by atoms with Crippen LogP contribution < -0.4 is 4.74 Å². The molecule has 0 aromatic heterocycles. The second-order valence-corrected chi connectivity index (χ2v) is 7.16. The predicted molar refractivity (Wildman–Crippen MR) is 87.9 cm³/mol. The summed E-state index contributed by atoms with van der Waals surface area (Å²) in [4.78, 5) is 2.51. The van der Waals surface area contributed by atoms with Crippen molar-refractivity contribution in [1.82, 2.24) is 4.90 Å². The summed E-state index contributed by atoms with van der Waals surface area (Å²) < 4.78 is 5.86. The van der Waals surface area contributed by atoms with Gasteiger partial charge in [0, 0.05) is 31.1 Å². The Kier molecular flexibility index (Phi) is 3.71. The van der Waals surface area contributed by atoms with E-state index >= 15 is 0 Å². The van der Waals surface area contributed by atoms with Crippen LogP contribution in [0.5, 0.6) is 5.75 Å². The van der Waals surface area contributed by atoms with Gasteiger partial charge in [-0.3, -0.25) is 4.90 Å². The second-order valence-electron chi connectivity index (χ2n) is 7.16. The van der Waals surface area contributed by atoms with Crippen LogP contribution >= 0.6 is 0 Å². The Morgan fingerprint density at radius 2 is 2.14 bits per heavy atom. The molecule has 2 fully saturated rings. The number of hydrogen-bond acceptors (Lipinski definition) is 3. The molecule has 3 nitrogen and oxygen atoms in total. The number of para-hydroxylation sites is 1. The van der Waals surface area contributed by atoms with Crippen molar-refractivity contribution in [3.63, 3.8) is 0 Å². The van der Waals surface area contributed by atoms with Crippen LogP contribution in [-0.4, -0.2) is 41.8 Å². The zero-order valence-corrected chi connectivity index (χ0v) is 13.1. The summed E-state index contributed by atoms with van der Waals surface area (Å²) in [5, 5.41) is 10.8. The third kappa shape index (κ3) is 2.68. The van der Waals surface area contributed by atoms with E-state index in [1.165, 1.54) is 30.4 Å². The Morgan fingerprint density at radius 1 is 1.23 bits per heavy atom. The summed E-state index contributed by atoms with van der Waals surface area (Å²) in [5.74, 6) is 1.46. The van der Waals surface area contributed by atoms with E-state index in [4.69, 9.17) is 4.74 Å². The molecule has 3 heteroatoms. The molecule has 1 N–H and O–H groups in total. The SMILES string of the molecule is O[C@]12CCCC[C@H]1CN(CC1=Cc3ccccc3OC1)CC2. The minimum absolute atomic E-state index is 0.376. The highest BCUT2D eigenvalue weighted by molar-refractivity contribution is 5.62. The number of rotatable bonds is 2. The highest BCUT2D eigenvalue weighted by atomic mass is 16.5. The molecular formula is C19H25NO2. The first-order valence-electron chi connectivity index (χ1n) is 8.59. The first kappa shape index (κ1) is 14.3. The fourth-order valence-corrected chi connectivity index (χ4v) is 4.33. The number of nitrogens with zero attached hydrogens (tertiary/aromatic N) is 1. The third-order valence-corrected chi connectivity index (χ3v) is 5.63. The van der Waals surface area contributed by atoms with Crippen LogP contribution in [0, 0.1) is 5.92 Å². The normalized spacial score (nSPS) is 31.7. The fraction of sp³-hybridized carbons (Fsp3) is 0.579. The van der Waals surface area contributed by atoms with Crippen LogP contribution in [0.25, 0.3) is 6.08 Å².